The Morgan fingerprint density at radius 3 is 3.07 bits per heavy atom. The van der Waals surface area contributed by atoms with Gasteiger partial charge in [0.15, 0.2) is 0 Å². The van der Waals surface area contributed by atoms with E-state index >= 15 is 0 Å². The molecule has 1 amide bonds. The fourth-order valence-electron chi connectivity index (χ4n) is 1.66. The molecule has 1 unspecified atom stereocenters. The van der Waals surface area contributed by atoms with Gasteiger partial charge in [-0.05, 0) is 23.6 Å². The number of carbonyl (C=O) groups excluding carboxylic acids is 1. The number of thioether (sulfide) groups is 1. The van der Waals surface area contributed by atoms with Gasteiger partial charge in [-0.3, -0.25) is 10.1 Å². The average molecular weight is 242 g/mol. The van der Waals surface area contributed by atoms with Crippen LogP contribution in [0, 0.1) is 0 Å². The van der Waals surface area contributed by atoms with Crippen LogP contribution in [0.15, 0.2) is 17.5 Å². The number of rotatable bonds is 4. The minimum absolute atomic E-state index is 0.218. The molecule has 1 fully saturated rings. The molecular formula is C10H14N2OS2. The highest BCUT2D eigenvalue weighted by molar-refractivity contribution is 7.99. The van der Waals surface area contributed by atoms with Crippen molar-refractivity contribution in [2.45, 2.75) is 18.5 Å². The molecule has 2 heterocycles. The SMILES string of the molecule is NC(=O)C1(NCc2cccs2)CCSC1. The Kier molecular flexibility index (Phi) is 3.33. The summed E-state index contributed by atoms with van der Waals surface area (Å²) in [5.74, 6) is 1.60. The first-order valence-corrected chi connectivity index (χ1v) is 6.91. The zero-order chi connectivity index (χ0) is 10.7. The monoisotopic (exact) mass is 242 g/mol. The topological polar surface area (TPSA) is 55.1 Å². The highest BCUT2D eigenvalue weighted by Gasteiger charge is 2.39. The zero-order valence-corrected chi connectivity index (χ0v) is 10.00. The summed E-state index contributed by atoms with van der Waals surface area (Å²) in [5.41, 5.74) is 4.98. The van der Waals surface area contributed by atoms with E-state index < -0.39 is 5.54 Å². The van der Waals surface area contributed by atoms with E-state index in [1.54, 1.807) is 23.1 Å². The van der Waals surface area contributed by atoms with Crippen molar-refractivity contribution in [2.24, 2.45) is 5.73 Å². The minimum Gasteiger partial charge on any atom is -0.368 e. The summed E-state index contributed by atoms with van der Waals surface area (Å²) in [6, 6.07) is 4.08. The van der Waals surface area contributed by atoms with Gasteiger partial charge in [-0.1, -0.05) is 6.07 Å². The summed E-state index contributed by atoms with van der Waals surface area (Å²) in [6.07, 6.45) is 0.846. The number of primary amides is 1. The van der Waals surface area contributed by atoms with Crippen LogP contribution in [0.25, 0.3) is 0 Å². The molecule has 0 aromatic carbocycles. The maximum absolute atomic E-state index is 11.4. The molecule has 0 bridgehead atoms. The second-order valence-corrected chi connectivity index (χ2v) is 5.82. The molecule has 3 nitrogen and oxygen atoms in total. The molecule has 15 heavy (non-hydrogen) atoms. The molecule has 0 radical (unpaired) electrons. The highest BCUT2D eigenvalue weighted by atomic mass is 32.2. The summed E-state index contributed by atoms with van der Waals surface area (Å²) in [7, 11) is 0. The van der Waals surface area contributed by atoms with Crippen LogP contribution in [0.5, 0.6) is 0 Å². The highest BCUT2D eigenvalue weighted by Crippen LogP contribution is 2.28. The Balaban J connectivity index is 1.99. The third-order valence-corrected chi connectivity index (χ3v) is 4.74. The van der Waals surface area contributed by atoms with Gasteiger partial charge < -0.3 is 5.73 Å². The molecule has 1 saturated heterocycles. The Morgan fingerprint density at radius 1 is 1.67 bits per heavy atom. The van der Waals surface area contributed by atoms with Crippen LogP contribution in [0.4, 0.5) is 0 Å². The lowest BCUT2D eigenvalue weighted by molar-refractivity contribution is -0.123. The van der Waals surface area contributed by atoms with Crippen molar-refractivity contribution in [1.29, 1.82) is 0 Å². The lowest BCUT2D eigenvalue weighted by Crippen LogP contribution is -2.55. The van der Waals surface area contributed by atoms with Gasteiger partial charge in [0.05, 0.1) is 0 Å². The molecule has 1 aliphatic heterocycles. The predicted octanol–water partition coefficient (Wildman–Crippen LogP) is 1.20. The Bertz CT molecular complexity index is 331. The summed E-state index contributed by atoms with van der Waals surface area (Å²) in [4.78, 5) is 12.7. The van der Waals surface area contributed by atoms with E-state index in [0.29, 0.717) is 0 Å². The third-order valence-electron chi connectivity index (χ3n) is 2.67. The van der Waals surface area contributed by atoms with Crippen LogP contribution in [0.2, 0.25) is 0 Å². The van der Waals surface area contributed by atoms with E-state index in [2.05, 4.69) is 11.4 Å². The first-order chi connectivity index (χ1) is 7.23. The second-order valence-electron chi connectivity index (χ2n) is 3.68. The van der Waals surface area contributed by atoms with E-state index in [9.17, 15) is 4.79 Å². The maximum atomic E-state index is 11.4. The normalized spacial score (nSPS) is 25.6. The average Bonchev–Trinajstić information content (AvgIpc) is 2.87. The summed E-state index contributed by atoms with van der Waals surface area (Å²) in [5, 5.41) is 5.35. The minimum atomic E-state index is -0.478. The molecule has 0 aliphatic carbocycles. The van der Waals surface area contributed by atoms with E-state index in [0.717, 1.165) is 24.5 Å². The maximum Gasteiger partial charge on any atom is 0.238 e. The third kappa shape index (κ3) is 2.35. The van der Waals surface area contributed by atoms with E-state index in [4.69, 9.17) is 5.73 Å². The van der Waals surface area contributed by atoms with Crippen LogP contribution >= 0.6 is 23.1 Å². The smallest absolute Gasteiger partial charge is 0.238 e. The van der Waals surface area contributed by atoms with E-state index in [1.165, 1.54) is 4.88 Å². The number of amides is 1. The largest absolute Gasteiger partial charge is 0.368 e. The molecule has 5 heteroatoms. The van der Waals surface area contributed by atoms with Crippen LogP contribution in [-0.2, 0) is 11.3 Å². The van der Waals surface area contributed by atoms with Gasteiger partial charge in [0.2, 0.25) is 5.91 Å². The van der Waals surface area contributed by atoms with Crippen molar-refractivity contribution in [3.05, 3.63) is 22.4 Å². The fourth-order valence-corrected chi connectivity index (χ4v) is 3.67. The zero-order valence-electron chi connectivity index (χ0n) is 8.36. The summed E-state index contributed by atoms with van der Waals surface area (Å²) >= 11 is 3.48. The Morgan fingerprint density at radius 2 is 2.53 bits per heavy atom. The van der Waals surface area contributed by atoms with Gasteiger partial charge in [-0.2, -0.15) is 11.8 Å². The number of hydrogen-bond donors (Lipinski definition) is 2. The number of nitrogens with one attached hydrogen (secondary N) is 1. The molecule has 1 aromatic heterocycles. The van der Waals surface area contributed by atoms with Crippen molar-refractivity contribution in [3.8, 4) is 0 Å². The molecule has 82 valence electrons. The Hall–Kier alpha value is -0.520. The van der Waals surface area contributed by atoms with E-state index in [1.807, 2.05) is 11.4 Å². The molecule has 0 spiro atoms. The quantitative estimate of drug-likeness (QED) is 0.834. The molecule has 1 aromatic rings. The molecule has 3 N–H and O–H groups in total. The number of nitrogens with two attached hydrogens (primary N) is 1. The summed E-state index contributed by atoms with van der Waals surface area (Å²) < 4.78 is 0. The van der Waals surface area contributed by atoms with Gasteiger partial charge in [0.25, 0.3) is 0 Å². The van der Waals surface area contributed by atoms with Crippen LogP contribution in [0.1, 0.15) is 11.3 Å². The number of carbonyl (C=O) groups is 1. The van der Waals surface area contributed by atoms with Crippen molar-refractivity contribution in [2.75, 3.05) is 11.5 Å². The van der Waals surface area contributed by atoms with Crippen molar-refractivity contribution in [1.82, 2.24) is 5.32 Å². The van der Waals surface area contributed by atoms with Gasteiger partial charge >= 0.3 is 0 Å². The molecule has 2 rings (SSSR count). The van der Waals surface area contributed by atoms with Crippen LogP contribution < -0.4 is 11.1 Å². The van der Waals surface area contributed by atoms with Crippen LogP contribution in [-0.4, -0.2) is 23.0 Å². The molecule has 1 aliphatic rings. The summed E-state index contributed by atoms with van der Waals surface area (Å²) in [6.45, 7) is 0.737. The first-order valence-electron chi connectivity index (χ1n) is 4.88. The van der Waals surface area contributed by atoms with Crippen molar-refractivity contribution >= 4 is 29.0 Å². The second kappa shape index (κ2) is 4.55. The first kappa shape index (κ1) is 11.0. The number of thiophene rings is 1. The lowest BCUT2D eigenvalue weighted by atomic mass is 9.98. The van der Waals surface area contributed by atoms with Gasteiger partial charge in [0.1, 0.15) is 5.54 Å². The van der Waals surface area contributed by atoms with Crippen molar-refractivity contribution < 1.29 is 4.79 Å². The number of hydrogen-bond acceptors (Lipinski definition) is 4. The van der Waals surface area contributed by atoms with E-state index in [-0.39, 0.29) is 5.91 Å². The fraction of sp³-hybridized carbons (Fsp3) is 0.500. The lowest BCUT2D eigenvalue weighted by Gasteiger charge is -2.25. The molecular weight excluding hydrogens is 228 g/mol. The molecule has 0 saturated carbocycles. The van der Waals surface area contributed by atoms with Crippen LogP contribution in [0.3, 0.4) is 0 Å². The van der Waals surface area contributed by atoms with Gasteiger partial charge in [0, 0.05) is 17.2 Å². The predicted molar refractivity (Wildman–Crippen MR) is 65.0 cm³/mol. The Labute approximate surface area is 97.4 Å². The van der Waals surface area contributed by atoms with Gasteiger partial charge in [-0.15, -0.1) is 11.3 Å². The standard InChI is InChI=1S/C10H14N2OS2/c11-9(13)10(3-5-14-7-10)12-6-8-2-1-4-15-8/h1-2,4,12H,3,5-7H2,(H2,11,13). The van der Waals surface area contributed by atoms with Crippen molar-refractivity contribution in [3.63, 3.8) is 0 Å². The van der Waals surface area contributed by atoms with Gasteiger partial charge in [-0.25, -0.2) is 0 Å². The molecule has 1 atom stereocenters.